The zero-order chi connectivity index (χ0) is 13.5. The molecule has 0 amide bonds. The lowest BCUT2D eigenvalue weighted by Gasteiger charge is -2.31. The van der Waals surface area contributed by atoms with E-state index in [0.29, 0.717) is 6.04 Å². The fraction of sp³-hybridized carbons (Fsp3) is 0.625. The van der Waals surface area contributed by atoms with Crippen LogP contribution in [0.3, 0.4) is 0 Å². The number of nitrogens with one attached hydrogen (secondary N) is 2. The summed E-state index contributed by atoms with van der Waals surface area (Å²) in [5, 5.41) is 7.12. The van der Waals surface area contributed by atoms with Crippen LogP contribution in [-0.2, 0) is 12.8 Å². The second-order valence-electron chi connectivity index (χ2n) is 5.54. The molecule has 1 unspecified atom stereocenters. The molecular weight excluding hydrogens is 234 g/mol. The van der Waals surface area contributed by atoms with Gasteiger partial charge in [0.15, 0.2) is 0 Å². The minimum Gasteiger partial charge on any atom is -0.315 e. The minimum absolute atomic E-state index is 0.598. The topological polar surface area (TPSA) is 27.3 Å². The van der Waals surface area contributed by atoms with Gasteiger partial charge in [-0.25, -0.2) is 0 Å². The molecule has 0 radical (unpaired) electrons. The van der Waals surface area contributed by atoms with Crippen LogP contribution in [-0.4, -0.2) is 50.7 Å². The fourth-order valence-electron chi connectivity index (χ4n) is 2.58. The maximum Gasteiger partial charge on any atom is 0.0320 e. The summed E-state index contributed by atoms with van der Waals surface area (Å²) < 4.78 is 0. The number of rotatable bonds is 6. The van der Waals surface area contributed by atoms with Crippen LogP contribution < -0.4 is 10.6 Å². The van der Waals surface area contributed by atoms with Gasteiger partial charge in [0.05, 0.1) is 0 Å². The summed E-state index contributed by atoms with van der Waals surface area (Å²) in [5.74, 6) is 0. The van der Waals surface area contributed by atoms with Gasteiger partial charge < -0.3 is 15.5 Å². The molecule has 3 nitrogen and oxygen atoms in total. The largest absolute Gasteiger partial charge is 0.315 e. The number of likely N-dealkylation sites (N-methyl/N-ethyl adjacent to an activating group) is 1. The second kappa shape index (κ2) is 7.63. The molecule has 1 aromatic rings. The van der Waals surface area contributed by atoms with Gasteiger partial charge in [-0.15, -0.1) is 0 Å². The van der Waals surface area contributed by atoms with Crippen LogP contribution in [0.15, 0.2) is 24.3 Å². The number of benzene rings is 1. The van der Waals surface area contributed by atoms with Gasteiger partial charge in [-0.2, -0.15) is 0 Å². The van der Waals surface area contributed by atoms with Gasteiger partial charge in [-0.1, -0.05) is 31.2 Å². The fourth-order valence-corrected chi connectivity index (χ4v) is 2.58. The van der Waals surface area contributed by atoms with E-state index in [1.807, 2.05) is 0 Å². The van der Waals surface area contributed by atoms with Crippen LogP contribution in [0.5, 0.6) is 0 Å². The van der Waals surface area contributed by atoms with Crippen LogP contribution in [0, 0.1) is 0 Å². The Morgan fingerprint density at radius 3 is 2.68 bits per heavy atom. The Bertz CT molecular complexity index is 361. The van der Waals surface area contributed by atoms with Crippen molar-refractivity contribution in [1.82, 2.24) is 15.5 Å². The lowest BCUT2D eigenvalue weighted by atomic mass is 10.1. The quantitative estimate of drug-likeness (QED) is 0.756. The molecular formula is C16H27N3. The molecule has 0 aliphatic carbocycles. The van der Waals surface area contributed by atoms with Crippen molar-refractivity contribution in [3.05, 3.63) is 35.4 Å². The van der Waals surface area contributed by atoms with E-state index in [4.69, 9.17) is 0 Å². The zero-order valence-electron chi connectivity index (χ0n) is 12.3. The third-order valence-electron chi connectivity index (χ3n) is 3.87. The van der Waals surface area contributed by atoms with Crippen LogP contribution in [0.2, 0.25) is 0 Å². The molecule has 2 rings (SSSR count). The van der Waals surface area contributed by atoms with Crippen molar-refractivity contribution in [3.8, 4) is 0 Å². The molecule has 0 saturated carbocycles. The summed E-state index contributed by atoms with van der Waals surface area (Å²) in [5.41, 5.74) is 2.85. The average molecular weight is 261 g/mol. The highest BCUT2D eigenvalue weighted by Gasteiger charge is 2.15. The van der Waals surface area contributed by atoms with E-state index in [9.17, 15) is 0 Å². The van der Waals surface area contributed by atoms with Crippen molar-refractivity contribution < 1.29 is 0 Å². The SMILES string of the molecule is CCc1ccc(CCNCC2CN(C)CCN2)cc1. The van der Waals surface area contributed by atoms with Gasteiger partial charge in [0.1, 0.15) is 0 Å². The molecule has 1 fully saturated rings. The summed E-state index contributed by atoms with van der Waals surface area (Å²) in [7, 11) is 2.20. The zero-order valence-corrected chi connectivity index (χ0v) is 12.3. The normalized spacial score (nSPS) is 20.6. The smallest absolute Gasteiger partial charge is 0.0320 e. The van der Waals surface area contributed by atoms with Crippen molar-refractivity contribution in [3.63, 3.8) is 0 Å². The highest BCUT2D eigenvalue weighted by molar-refractivity contribution is 5.22. The van der Waals surface area contributed by atoms with Crippen molar-refractivity contribution in [2.75, 3.05) is 39.8 Å². The lowest BCUT2D eigenvalue weighted by Crippen LogP contribution is -2.53. The van der Waals surface area contributed by atoms with E-state index in [-0.39, 0.29) is 0 Å². The van der Waals surface area contributed by atoms with Gasteiger partial charge in [-0.05, 0) is 37.6 Å². The van der Waals surface area contributed by atoms with Crippen LogP contribution in [0.25, 0.3) is 0 Å². The number of hydrogen-bond donors (Lipinski definition) is 2. The molecule has 2 N–H and O–H groups in total. The highest BCUT2D eigenvalue weighted by atomic mass is 15.2. The molecule has 1 heterocycles. The van der Waals surface area contributed by atoms with Gasteiger partial charge in [0.25, 0.3) is 0 Å². The number of nitrogens with zero attached hydrogens (tertiary/aromatic N) is 1. The van der Waals surface area contributed by atoms with E-state index in [0.717, 1.165) is 39.0 Å². The molecule has 1 atom stereocenters. The van der Waals surface area contributed by atoms with E-state index in [1.54, 1.807) is 0 Å². The third-order valence-corrected chi connectivity index (χ3v) is 3.87. The summed E-state index contributed by atoms with van der Waals surface area (Å²) in [6.07, 6.45) is 2.24. The molecule has 1 saturated heterocycles. The van der Waals surface area contributed by atoms with Crippen LogP contribution in [0.4, 0.5) is 0 Å². The Labute approximate surface area is 117 Å². The van der Waals surface area contributed by atoms with Gasteiger partial charge in [0, 0.05) is 32.2 Å². The van der Waals surface area contributed by atoms with Crippen LogP contribution in [0.1, 0.15) is 18.1 Å². The van der Waals surface area contributed by atoms with Gasteiger partial charge in [0.2, 0.25) is 0 Å². The first-order chi connectivity index (χ1) is 9.28. The van der Waals surface area contributed by atoms with Gasteiger partial charge in [-0.3, -0.25) is 0 Å². The van der Waals surface area contributed by atoms with E-state index >= 15 is 0 Å². The first-order valence-electron chi connectivity index (χ1n) is 7.48. The molecule has 106 valence electrons. The summed E-state index contributed by atoms with van der Waals surface area (Å²) >= 11 is 0. The van der Waals surface area contributed by atoms with E-state index in [2.05, 4.69) is 53.8 Å². The predicted octanol–water partition coefficient (Wildman–Crippen LogP) is 1.28. The Morgan fingerprint density at radius 2 is 2.00 bits per heavy atom. The standard InChI is InChI=1S/C16H27N3/c1-3-14-4-6-15(7-5-14)8-9-17-12-16-13-19(2)11-10-18-16/h4-7,16-18H,3,8-13H2,1-2H3. The predicted molar refractivity (Wildman–Crippen MR) is 81.7 cm³/mol. The lowest BCUT2D eigenvalue weighted by molar-refractivity contribution is 0.235. The molecule has 1 aliphatic rings. The summed E-state index contributed by atoms with van der Waals surface area (Å²) in [6.45, 7) is 7.76. The molecule has 0 aromatic heterocycles. The molecule has 1 aromatic carbocycles. The molecule has 0 spiro atoms. The summed E-state index contributed by atoms with van der Waals surface area (Å²) in [6, 6.07) is 9.60. The monoisotopic (exact) mass is 261 g/mol. The molecule has 1 aliphatic heterocycles. The summed E-state index contributed by atoms with van der Waals surface area (Å²) in [4.78, 5) is 2.40. The molecule has 19 heavy (non-hydrogen) atoms. The Hall–Kier alpha value is -0.900. The van der Waals surface area contributed by atoms with Crippen molar-refractivity contribution in [2.45, 2.75) is 25.8 Å². The van der Waals surface area contributed by atoms with Gasteiger partial charge >= 0.3 is 0 Å². The number of hydrogen-bond acceptors (Lipinski definition) is 3. The molecule has 3 heteroatoms. The van der Waals surface area contributed by atoms with E-state index < -0.39 is 0 Å². The van der Waals surface area contributed by atoms with E-state index in [1.165, 1.54) is 17.7 Å². The Balaban J connectivity index is 1.63. The Kier molecular flexibility index (Phi) is 5.83. The number of piperazine rings is 1. The maximum absolute atomic E-state index is 3.56. The highest BCUT2D eigenvalue weighted by Crippen LogP contribution is 2.05. The Morgan fingerprint density at radius 1 is 1.26 bits per heavy atom. The first kappa shape index (κ1) is 14.5. The van der Waals surface area contributed by atoms with Crippen LogP contribution >= 0.6 is 0 Å². The second-order valence-corrected chi connectivity index (χ2v) is 5.54. The first-order valence-corrected chi connectivity index (χ1v) is 7.48. The average Bonchev–Trinajstić information content (AvgIpc) is 2.44. The van der Waals surface area contributed by atoms with Crippen molar-refractivity contribution in [2.24, 2.45) is 0 Å². The minimum atomic E-state index is 0.598. The third kappa shape index (κ3) is 4.94. The van der Waals surface area contributed by atoms with Crippen molar-refractivity contribution in [1.29, 1.82) is 0 Å². The maximum atomic E-state index is 3.56. The molecule has 0 bridgehead atoms. The number of aryl methyl sites for hydroxylation is 1. The van der Waals surface area contributed by atoms with Crippen molar-refractivity contribution >= 4 is 0 Å².